The molecule has 4 heterocycles. The molecular formula is C23H28N6O2S. The summed E-state index contributed by atoms with van der Waals surface area (Å²) in [5.41, 5.74) is 7.87. The Balaban J connectivity index is 1.23. The smallest absolute Gasteiger partial charge is 0.242 e. The van der Waals surface area contributed by atoms with E-state index in [1.165, 1.54) is 5.56 Å². The zero-order valence-corrected chi connectivity index (χ0v) is 19.2. The maximum Gasteiger partial charge on any atom is 0.242 e. The van der Waals surface area contributed by atoms with Crippen LogP contribution in [0.1, 0.15) is 68.1 Å². The van der Waals surface area contributed by atoms with Crippen molar-refractivity contribution in [2.45, 2.75) is 61.9 Å². The minimum Gasteiger partial charge on any atom is -0.493 e. The fourth-order valence-corrected chi connectivity index (χ4v) is 6.07. The minimum absolute atomic E-state index is 0.0605. The molecule has 1 aromatic heterocycles. The molecule has 1 amide bonds. The van der Waals surface area contributed by atoms with Crippen molar-refractivity contribution in [2.24, 2.45) is 10.7 Å². The lowest BCUT2D eigenvalue weighted by Crippen LogP contribution is -2.55. The number of nitrogens with zero attached hydrogens (tertiary/aromatic N) is 5. The van der Waals surface area contributed by atoms with Gasteiger partial charge in [0, 0.05) is 35.9 Å². The molecule has 4 aliphatic rings. The van der Waals surface area contributed by atoms with Crippen molar-refractivity contribution in [3.8, 4) is 5.75 Å². The number of likely N-dealkylation sites (tertiary alicyclic amines) is 1. The second kappa shape index (κ2) is 7.31. The van der Waals surface area contributed by atoms with Crippen LogP contribution in [0.5, 0.6) is 5.75 Å². The summed E-state index contributed by atoms with van der Waals surface area (Å²) >= 11 is 1.79. The summed E-state index contributed by atoms with van der Waals surface area (Å²) in [4.78, 5) is 23.9. The maximum atomic E-state index is 12.4. The molecule has 3 aliphatic heterocycles. The summed E-state index contributed by atoms with van der Waals surface area (Å²) in [5.74, 6) is 2.23. The molecule has 1 aliphatic carbocycles. The highest BCUT2D eigenvalue weighted by atomic mass is 32.2. The van der Waals surface area contributed by atoms with Gasteiger partial charge in [-0.25, -0.2) is 9.67 Å². The lowest BCUT2D eigenvalue weighted by atomic mass is 9.89. The number of nitrogens with two attached hydrogens (primary N) is 1. The number of aliphatic imine (C=N–C) groups is 1. The number of benzene rings is 1. The first-order valence-electron chi connectivity index (χ1n) is 11.4. The first kappa shape index (κ1) is 20.2. The van der Waals surface area contributed by atoms with Crippen molar-refractivity contribution in [1.29, 1.82) is 0 Å². The number of rotatable bonds is 4. The lowest BCUT2D eigenvalue weighted by Gasteiger charge is -2.41. The standard InChI is InChI=1S/C23H28N6O2S/c1-13(2)29-20(25-12-26-29)21-27-19-16-4-3-14(9-17(16)31-8-5-18(19)32-21)15-10-28(11-15)22(30)23(24)6-7-23/h3-4,9,12-13,15,18-19H,5-8,10-11,24H2,1-2H3. The van der Waals surface area contributed by atoms with E-state index in [0.29, 0.717) is 17.8 Å². The Morgan fingerprint density at radius 3 is 2.88 bits per heavy atom. The minimum atomic E-state index is -0.577. The summed E-state index contributed by atoms with van der Waals surface area (Å²) in [6, 6.07) is 6.81. The second-order valence-corrected chi connectivity index (χ2v) is 10.9. The van der Waals surface area contributed by atoms with Crippen LogP contribution in [-0.2, 0) is 4.79 Å². The highest BCUT2D eigenvalue weighted by Gasteiger charge is 2.50. The molecule has 1 aromatic carbocycles. The summed E-state index contributed by atoms with van der Waals surface area (Å²) in [6.45, 7) is 6.37. The van der Waals surface area contributed by atoms with E-state index >= 15 is 0 Å². The van der Waals surface area contributed by atoms with Gasteiger partial charge in [-0.15, -0.1) is 0 Å². The predicted molar refractivity (Wildman–Crippen MR) is 123 cm³/mol. The fraction of sp³-hybridized carbons (Fsp3) is 0.565. The third-order valence-electron chi connectivity index (χ3n) is 7.00. The Labute approximate surface area is 191 Å². The second-order valence-electron chi connectivity index (χ2n) is 9.65. The molecule has 32 heavy (non-hydrogen) atoms. The van der Waals surface area contributed by atoms with Gasteiger partial charge in [0.25, 0.3) is 0 Å². The Morgan fingerprint density at radius 1 is 1.31 bits per heavy atom. The average Bonchev–Trinajstić information content (AvgIpc) is 3.17. The van der Waals surface area contributed by atoms with Crippen molar-refractivity contribution in [3.05, 3.63) is 41.5 Å². The summed E-state index contributed by atoms with van der Waals surface area (Å²) in [6.07, 6.45) is 4.18. The van der Waals surface area contributed by atoms with Crippen LogP contribution < -0.4 is 10.5 Å². The van der Waals surface area contributed by atoms with Crippen LogP contribution >= 0.6 is 11.8 Å². The first-order chi connectivity index (χ1) is 15.4. The van der Waals surface area contributed by atoms with Gasteiger partial charge in [-0.05, 0) is 44.7 Å². The highest BCUT2D eigenvalue weighted by molar-refractivity contribution is 8.15. The molecule has 0 radical (unpaired) electrons. The van der Waals surface area contributed by atoms with Crippen molar-refractivity contribution in [1.82, 2.24) is 19.7 Å². The van der Waals surface area contributed by atoms with Gasteiger partial charge in [0.2, 0.25) is 5.91 Å². The molecule has 0 bridgehead atoms. The molecular weight excluding hydrogens is 424 g/mol. The third-order valence-corrected chi connectivity index (χ3v) is 8.30. The quantitative estimate of drug-likeness (QED) is 0.766. The molecule has 2 unspecified atom stereocenters. The molecule has 0 spiro atoms. The Bertz CT molecular complexity index is 1100. The molecule has 168 valence electrons. The van der Waals surface area contributed by atoms with E-state index in [0.717, 1.165) is 54.5 Å². The number of hydrogen-bond donors (Lipinski definition) is 1. The van der Waals surface area contributed by atoms with Crippen LogP contribution in [0.25, 0.3) is 0 Å². The Kier molecular flexibility index (Phi) is 4.62. The van der Waals surface area contributed by atoms with Gasteiger partial charge in [-0.2, -0.15) is 5.10 Å². The third kappa shape index (κ3) is 3.25. The van der Waals surface area contributed by atoms with Crippen molar-refractivity contribution in [2.75, 3.05) is 19.7 Å². The van der Waals surface area contributed by atoms with Crippen molar-refractivity contribution < 1.29 is 9.53 Å². The number of carbonyl (C=O) groups is 1. The monoisotopic (exact) mass is 452 g/mol. The summed E-state index contributed by atoms with van der Waals surface area (Å²) < 4.78 is 8.09. The number of aromatic nitrogens is 3. The molecule has 2 atom stereocenters. The lowest BCUT2D eigenvalue weighted by molar-refractivity contribution is -0.138. The number of amides is 1. The van der Waals surface area contributed by atoms with Crippen molar-refractivity contribution >= 4 is 22.7 Å². The van der Waals surface area contributed by atoms with Crippen LogP contribution in [0, 0.1) is 0 Å². The molecule has 8 nitrogen and oxygen atoms in total. The van der Waals surface area contributed by atoms with Crippen LogP contribution in [0.15, 0.2) is 29.5 Å². The molecule has 2 fully saturated rings. The molecule has 1 saturated heterocycles. The van der Waals surface area contributed by atoms with Crippen molar-refractivity contribution in [3.63, 3.8) is 0 Å². The van der Waals surface area contributed by atoms with Gasteiger partial charge >= 0.3 is 0 Å². The fourth-order valence-electron chi connectivity index (χ4n) is 4.80. The molecule has 9 heteroatoms. The molecule has 2 N–H and O–H groups in total. The van der Waals surface area contributed by atoms with Crippen LogP contribution in [0.3, 0.4) is 0 Å². The zero-order valence-electron chi connectivity index (χ0n) is 18.4. The topological polar surface area (TPSA) is 98.6 Å². The van der Waals surface area contributed by atoms with E-state index in [1.54, 1.807) is 18.1 Å². The van der Waals surface area contributed by atoms with E-state index in [2.05, 4.69) is 42.1 Å². The number of hydrogen-bond acceptors (Lipinski definition) is 7. The van der Waals surface area contributed by atoms with Gasteiger partial charge in [0.15, 0.2) is 5.82 Å². The number of carbonyl (C=O) groups excluding carboxylic acids is 1. The first-order valence-corrected chi connectivity index (χ1v) is 12.3. The summed E-state index contributed by atoms with van der Waals surface area (Å²) in [5, 5.41) is 5.68. The van der Waals surface area contributed by atoms with E-state index in [-0.39, 0.29) is 18.0 Å². The number of fused-ring (bicyclic) bond motifs is 3. The average molecular weight is 453 g/mol. The number of ether oxygens (including phenoxy) is 1. The van der Waals surface area contributed by atoms with E-state index in [1.807, 2.05) is 9.58 Å². The Hall–Kier alpha value is -2.39. The predicted octanol–water partition coefficient (Wildman–Crippen LogP) is 2.66. The zero-order chi connectivity index (χ0) is 22.0. The van der Waals surface area contributed by atoms with Gasteiger partial charge in [0.05, 0.1) is 18.2 Å². The van der Waals surface area contributed by atoms with Crippen LogP contribution in [0.4, 0.5) is 0 Å². The highest BCUT2D eigenvalue weighted by Crippen LogP contribution is 2.47. The van der Waals surface area contributed by atoms with Gasteiger partial charge in [0.1, 0.15) is 17.1 Å². The van der Waals surface area contributed by atoms with E-state index < -0.39 is 5.54 Å². The SMILES string of the molecule is CC(C)n1ncnc1C1=NC2c3ccc(C4CN(C(=O)C5(N)CC5)C4)cc3OCCC2S1. The summed E-state index contributed by atoms with van der Waals surface area (Å²) in [7, 11) is 0. The van der Waals surface area contributed by atoms with Gasteiger partial charge < -0.3 is 15.4 Å². The largest absolute Gasteiger partial charge is 0.493 e. The van der Waals surface area contributed by atoms with Gasteiger partial charge in [-0.1, -0.05) is 23.9 Å². The molecule has 2 aromatic rings. The van der Waals surface area contributed by atoms with Crippen LogP contribution in [-0.4, -0.2) is 61.1 Å². The van der Waals surface area contributed by atoms with Gasteiger partial charge in [-0.3, -0.25) is 9.79 Å². The van der Waals surface area contributed by atoms with Crippen LogP contribution in [0.2, 0.25) is 0 Å². The molecule has 1 saturated carbocycles. The normalized spacial score (nSPS) is 26.0. The Morgan fingerprint density at radius 2 is 2.12 bits per heavy atom. The van der Waals surface area contributed by atoms with E-state index in [4.69, 9.17) is 15.5 Å². The van der Waals surface area contributed by atoms with E-state index in [9.17, 15) is 4.79 Å². The number of thioether (sulfide) groups is 1. The molecule has 6 rings (SSSR count). The maximum absolute atomic E-state index is 12.4.